The van der Waals surface area contributed by atoms with Crippen LogP contribution in [-0.2, 0) is 19.1 Å². The predicted octanol–water partition coefficient (Wildman–Crippen LogP) is 2.14. The smallest absolute Gasteiger partial charge is 0.414 e. The van der Waals surface area contributed by atoms with E-state index in [1.54, 1.807) is 22.9 Å². The molecule has 15 heteroatoms. The van der Waals surface area contributed by atoms with Crippen LogP contribution >= 0.6 is 0 Å². The van der Waals surface area contributed by atoms with Crippen LogP contribution in [0.15, 0.2) is 36.8 Å². The van der Waals surface area contributed by atoms with Crippen LogP contribution in [0.4, 0.5) is 25.0 Å². The van der Waals surface area contributed by atoms with Crippen molar-refractivity contribution < 1.29 is 37.4 Å². The van der Waals surface area contributed by atoms with Gasteiger partial charge in [-0.05, 0) is 18.9 Å². The van der Waals surface area contributed by atoms with Crippen LogP contribution in [0.5, 0.6) is 0 Å². The van der Waals surface area contributed by atoms with Gasteiger partial charge in [0, 0.05) is 63.3 Å². The van der Waals surface area contributed by atoms with Gasteiger partial charge in [0.15, 0.2) is 11.6 Å². The van der Waals surface area contributed by atoms with Crippen molar-refractivity contribution in [2.24, 2.45) is 0 Å². The van der Waals surface area contributed by atoms with Gasteiger partial charge in [-0.3, -0.25) is 23.7 Å². The SMILES string of the molecule is CCCOC(=O)CC[C@H]1CN(c2cc(F)c(N3CCN(C(=O)CNC(=O)c4cn5cccnc5n4)CC3)c(F)c2)C(=O)O1. The average Bonchev–Trinajstić information content (AvgIpc) is 3.61. The summed E-state index contributed by atoms with van der Waals surface area (Å²) in [7, 11) is 0. The molecular formula is C28H31F2N7O6. The first-order valence-corrected chi connectivity index (χ1v) is 14.0. The normalized spacial score (nSPS) is 16.9. The lowest BCUT2D eigenvalue weighted by molar-refractivity contribution is -0.144. The quantitative estimate of drug-likeness (QED) is 0.348. The van der Waals surface area contributed by atoms with Crippen LogP contribution in [0.3, 0.4) is 0 Å². The van der Waals surface area contributed by atoms with Crippen molar-refractivity contribution in [2.45, 2.75) is 32.3 Å². The maximum Gasteiger partial charge on any atom is 0.414 e. The molecule has 3 aromatic rings. The number of nitrogens with one attached hydrogen (secondary N) is 1. The maximum absolute atomic E-state index is 15.2. The van der Waals surface area contributed by atoms with Gasteiger partial charge >= 0.3 is 12.1 Å². The summed E-state index contributed by atoms with van der Waals surface area (Å²) in [5.41, 5.74) is -0.131. The molecule has 1 N–H and O–H groups in total. The Balaban J connectivity index is 1.12. The number of aromatic nitrogens is 3. The molecule has 0 bridgehead atoms. The number of anilines is 2. The Kier molecular flexibility index (Phi) is 8.97. The predicted molar refractivity (Wildman–Crippen MR) is 149 cm³/mol. The minimum Gasteiger partial charge on any atom is -0.466 e. The largest absolute Gasteiger partial charge is 0.466 e. The maximum atomic E-state index is 15.2. The number of carbonyl (C=O) groups excluding carboxylic acids is 4. The van der Waals surface area contributed by atoms with E-state index in [0.29, 0.717) is 18.8 Å². The molecule has 13 nitrogen and oxygen atoms in total. The molecule has 2 aliphatic rings. The summed E-state index contributed by atoms with van der Waals surface area (Å²) in [5.74, 6) is -2.62. The molecule has 4 heterocycles. The topological polar surface area (TPSA) is 139 Å². The van der Waals surface area contributed by atoms with E-state index in [2.05, 4.69) is 15.3 Å². The third kappa shape index (κ3) is 6.81. The molecule has 2 saturated heterocycles. The molecule has 228 valence electrons. The highest BCUT2D eigenvalue weighted by Crippen LogP contribution is 2.32. The highest BCUT2D eigenvalue weighted by Gasteiger charge is 2.34. The Labute approximate surface area is 245 Å². The number of halogens is 2. The Morgan fingerprint density at radius 3 is 2.58 bits per heavy atom. The lowest BCUT2D eigenvalue weighted by Crippen LogP contribution is -2.51. The van der Waals surface area contributed by atoms with Gasteiger partial charge in [-0.25, -0.2) is 23.5 Å². The van der Waals surface area contributed by atoms with E-state index >= 15 is 8.78 Å². The van der Waals surface area contributed by atoms with E-state index in [1.165, 1.54) is 16.0 Å². The zero-order valence-corrected chi connectivity index (χ0v) is 23.5. The number of amides is 3. The number of fused-ring (bicyclic) bond motifs is 1. The summed E-state index contributed by atoms with van der Waals surface area (Å²) in [6.45, 7) is 2.67. The molecule has 5 rings (SSSR count). The number of hydrogen-bond donors (Lipinski definition) is 1. The summed E-state index contributed by atoms with van der Waals surface area (Å²) in [6.07, 6.45) is 4.39. The number of piperazine rings is 1. The minimum absolute atomic E-state index is 0.00533. The van der Waals surface area contributed by atoms with Crippen LogP contribution in [0, 0.1) is 11.6 Å². The van der Waals surface area contributed by atoms with Crippen molar-refractivity contribution in [3.05, 3.63) is 54.1 Å². The monoisotopic (exact) mass is 599 g/mol. The van der Waals surface area contributed by atoms with Crippen LogP contribution in [-0.4, -0.2) is 95.1 Å². The Hall–Kier alpha value is -4.82. The van der Waals surface area contributed by atoms with Crippen LogP contribution < -0.4 is 15.1 Å². The molecular weight excluding hydrogens is 568 g/mol. The van der Waals surface area contributed by atoms with Gasteiger partial charge in [-0.2, -0.15) is 0 Å². The van der Waals surface area contributed by atoms with E-state index in [4.69, 9.17) is 9.47 Å². The number of benzene rings is 1. The number of imidazole rings is 1. The zero-order chi connectivity index (χ0) is 30.5. The van der Waals surface area contributed by atoms with Crippen molar-refractivity contribution in [3.8, 4) is 0 Å². The number of hydrogen-bond acceptors (Lipinski definition) is 9. The molecule has 0 spiro atoms. The van der Waals surface area contributed by atoms with Gasteiger partial charge in [-0.15, -0.1) is 0 Å². The fourth-order valence-electron chi connectivity index (χ4n) is 4.94. The second-order valence-corrected chi connectivity index (χ2v) is 10.1. The third-order valence-corrected chi connectivity index (χ3v) is 7.14. The van der Waals surface area contributed by atoms with Crippen molar-refractivity contribution in [2.75, 3.05) is 55.7 Å². The van der Waals surface area contributed by atoms with Crippen molar-refractivity contribution in [1.82, 2.24) is 24.6 Å². The van der Waals surface area contributed by atoms with Gasteiger partial charge in [0.2, 0.25) is 11.7 Å². The summed E-state index contributed by atoms with van der Waals surface area (Å²) < 4.78 is 42.3. The molecule has 2 aliphatic heterocycles. The van der Waals surface area contributed by atoms with Gasteiger partial charge in [0.25, 0.3) is 5.91 Å². The second-order valence-electron chi connectivity index (χ2n) is 10.1. The highest BCUT2D eigenvalue weighted by atomic mass is 19.1. The average molecular weight is 600 g/mol. The van der Waals surface area contributed by atoms with Crippen molar-refractivity contribution in [3.63, 3.8) is 0 Å². The standard InChI is InChI=1S/C28H31F2N7O6/c1-2-12-42-24(39)5-4-19-16-37(28(41)43-19)18-13-20(29)25(21(30)14-18)35-10-8-34(9-11-35)23(38)15-32-26(40)22-17-36-7-3-6-31-27(36)33-22/h3,6-7,13-14,17,19H,2,4-5,8-12,15-16H2,1H3,(H,32,40)/t19-/m0/s1. The second kappa shape index (κ2) is 13.0. The van der Waals surface area contributed by atoms with Gasteiger partial charge in [-0.1, -0.05) is 6.92 Å². The first-order chi connectivity index (χ1) is 20.7. The van der Waals surface area contributed by atoms with E-state index < -0.39 is 35.7 Å². The highest BCUT2D eigenvalue weighted by molar-refractivity contribution is 5.95. The summed E-state index contributed by atoms with van der Waals surface area (Å²) >= 11 is 0. The molecule has 0 aliphatic carbocycles. The van der Waals surface area contributed by atoms with Gasteiger partial charge < -0.3 is 24.6 Å². The van der Waals surface area contributed by atoms with Crippen LogP contribution in [0.1, 0.15) is 36.7 Å². The molecule has 0 saturated carbocycles. The van der Waals surface area contributed by atoms with Gasteiger partial charge in [0.05, 0.1) is 25.4 Å². The number of rotatable bonds is 10. The molecule has 1 aromatic carbocycles. The number of cyclic esters (lactones) is 1. The van der Waals surface area contributed by atoms with E-state index in [0.717, 1.165) is 17.0 Å². The molecule has 0 radical (unpaired) electrons. The van der Waals surface area contributed by atoms with Crippen molar-refractivity contribution in [1.29, 1.82) is 0 Å². The van der Waals surface area contributed by atoms with Crippen LogP contribution in [0.25, 0.3) is 5.78 Å². The van der Waals surface area contributed by atoms with E-state index in [-0.39, 0.29) is 75.1 Å². The fraction of sp³-hybridized carbons (Fsp3) is 0.429. The number of ether oxygens (including phenoxy) is 2. The van der Waals surface area contributed by atoms with E-state index in [9.17, 15) is 19.2 Å². The molecule has 2 aromatic heterocycles. The number of esters is 1. The summed E-state index contributed by atoms with van der Waals surface area (Å²) in [6, 6.07) is 3.83. The Morgan fingerprint density at radius 1 is 1.14 bits per heavy atom. The molecule has 0 unspecified atom stereocenters. The third-order valence-electron chi connectivity index (χ3n) is 7.14. The minimum atomic E-state index is -0.858. The van der Waals surface area contributed by atoms with E-state index in [1.807, 2.05) is 6.92 Å². The number of carbonyl (C=O) groups is 4. The first kappa shape index (κ1) is 29.7. The summed E-state index contributed by atoms with van der Waals surface area (Å²) in [5, 5.41) is 2.55. The molecule has 2 fully saturated rings. The van der Waals surface area contributed by atoms with Crippen molar-refractivity contribution >= 4 is 41.0 Å². The number of nitrogens with zero attached hydrogens (tertiary/aromatic N) is 6. The molecule has 1 atom stereocenters. The fourth-order valence-corrected chi connectivity index (χ4v) is 4.94. The first-order valence-electron chi connectivity index (χ1n) is 14.0. The lowest BCUT2D eigenvalue weighted by Gasteiger charge is -2.36. The Bertz CT molecular complexity index is 1470. The molecule has 3 amide bonds. The summed E-state index contributed by atoms with van der Waals surface area (Å²) in [4.78, 5) is 61.6. The zero-order valence-electron chi connectivity index (χ0n) is 23.5. The molecule has 43 heavy (non-hydrogen) atoms. The lowest BCUT2D eigenvalue weighted by atomic mass is 10.1. The van der Waals surface area contributed by atoms with Gasteiger partial charge in [0.1, 0.15) is 17.5 Å². The Morgan fingerprint density at radius 2 is 1.88 bits per heavy atom. The van der Waals surface area contributed by atoms with Crippen LogP contribution in [0.2, 0.25) is 0 Å².